The van der Waals surface area contributed by atoms with Crippen molar-refractivity contribution in [1.82, 2.24) is 0 Å². The molecule has 0 bridgehead atoms. The quantitative estimate of drug-likeness (QED) is 0.535. The molecule has 0 saturated carbocycles. The van der Waals surface area contributed by atoms with Gasteiger partial charge in [0.15, 0.2) is 11.7 Å². The summed E-state index contributed by atoms with van der Waals surface area (Å²) in [5.74, 6) is -1.71. The molecule has 0 spiro atoms. The van der Waals surface area contributed by atoms with Crippen molar-refractivity contribution in [3.63, 3.8) is 0 Å². The monoisotopic (exact) mass is 351 g/mol. The van der Waals surface area contributed by atoms with E-state index in [4.69, 9.17) is 9.47 Å². The van der Waals surface area contributed by atoms with E-state index in [0.29, 0.717) is 11.3 Å². The van der Waals surface area contributed by atoms with E-state index in [1.165, 1.54) is 0 Å². The summed E-state index contributed by atoms with van der Waals surface area (Å²) in [4.78, 5) is 24.9. The number of nitriles is 1. The highest BCUT2D eigenvalue weighted by molar-refractivity contribution is 5.97. The molecule has 2 rings (SSSR count). The first-order valence-corrected chi connectivity index (χ1v) is 8.39. The maximum absolute atomic E-state index is 12.7. The molecule has 2 unspecified atom stereocenters. The predicted molar refractivity (Wildman–Crippen MR) is 96.9 cm³/mol. The number of ether oxygens (including phenoxy) is 2. The molecule has 2 aromatic carbocycles. The number of benzene rings is 2. The molecule has 0 N–H and O–H groups in total. The number of hydrogen-bond donors (Lipinski definition) is 0. The maximum atomic E-state index is 12.7. The van der Waals surface area contributed by atoms with Gasteiger partial charge in [0.2, 0.25) is 0 Å². The van der Waals surface area contributed by atoms with Gasteiger partial charge in [-0.3, -0.25) is 9.59 Å². The van der Waals surface area contributed by atoms with Crippen LogP contribution < -0.4 is 4.74 Å². The number of hydrogen-bond acceptors (Lipinski definition) is 5. The summed E-state index contributed by atoms with van der Waals surface area (Å²) in [6.07, 6.45) is 0.0351. The molecule has 0 heterocycles. The lowest BCUT2D eigenvalue weighted by Crippen LogP contribution is -2.25. The van der Waals surface area contributed by atoms with E-state index in [9.17, 15) is 14.9 Å². The molecule has 0 aliphatic heterocycles. The van der Waals surface area contributed by atoms with E-state index in [1.54, 1.807) is 38.3 Å². The molecule has 2 atom stereocenters. The third kappa shape index (κ3) is 4.70. The Labute approximate surface area is 153 Å². The maximum Gasteiger partial charge on any atom is 0.323 e. The van der Waals surface area contributed by atoms with E-state index in [1.807, 2.05) is 36.4 Å². The molecule has 0 aliphatic carbocycles. The van der Waals surface area contributed by atoms with Crippen LogP contribution in [0.1, 0.15) is 35.2 Å². The number of esters is 1. The number of carbonyl (C=O) groups excluding carboxylic acids is 2. The Bertz CT molecular complexity index is 778. The second-order valence-corrected chi connectivity index (χ2v) is 5.73. The van der Waals surface area contributed by atoms with Crippen molar-refractivity contribution in [1.29, 1.82) is 5.26 Å². The predicted octanol–water partition coefficient (Wildman–Crippen LogP) is 3.75. The molecule has 0 fully saturated rings. The van der Waals surface area contributed by atoms with Crippen molar-refractivity contribution in [3.05, 3.63) is 65.7 Å². The molecule has 0 radical (unpaired) electrons. The Balaban J connectivity index is 2.30. The normalized spacial score (nSPS) is 12.5. The van der Waals surface area contributed by atoms with Gasteiger partial charge in [-0.1, -0.05) is 30.3 Å². The lowest BCUT2D eigenvalue weighted by molar-refractivity contribution is -0.146. The van der Waals surface area contributed by atoms with E-state index in [-0.39, 0.29) is 18.8 Å². The van der Waals surface area contributed by atoms with Crippen LogP contribution in [0, 0.1) is 17.2 Å². The standard InChI is InChI=1S/C21H21NO4/c1-3-26-21(24)19(14-22)18(15-7-5-4-6-8-15)13-20(23)16-9-11-17(25-2)12-10-16/h4-12,18-19H,3,13H2,1-2H3. The fraction of sp³-hybridized carbons (Fsp3) is 0.286. The summed E-state index contributed by atoms with van der Waals surface area (Å²) < 4.78 is 10.1. The second-order valence-electron chi connectivity index (χ2n) is 5.73. The summed E-state index contributed by atoms with van der Waals surface area (Å²) in [5.41, 5.74) is 1.27. The Kier molecular flexibility index (Phi) is 6.92. The van der Waals surface area contributed by atoms with Gasteiger partial charge in [-0.25, -0.2) is 0 Å². The summed E-state index contributed by atoms with van der Waals surface area (Å²) in [5, 5.41) is 9.53. The molecular formula is C21H21NO4. The zero-order valence-corrected chi connectivity index (χ0v) is 14.8. The molecule has 5 nitrogen and oxygen atoms in total. The molecule has 0 saturated heterocycles. The van der Waals surface area contributed by atoms with Crippen molar-refractivity contribution >= 4 is 11.8 Å². The Hall–Kier alpha value is -3.13. The van der Waals surface area contributed by atoms with Gasteiger partial charge in [0.25, 0.3) is 0 Å². The van der Waals surface area contributed by atoms with Gasteiger partial charge in [-0.15, -0.1) is 0 Å². The van der Waals surface area contributed by atoms with Crippen LogP contribution in [0.15, 0.2) is 54.6 Å². The third-order valence-electron chi connectivity index (χ3n) is 4.13. The number of Topliss-reactive ketones (excluding diaryl/α,β-unsaturated/α-hetero) is 1. The average Bonchev–Trinajstić information content (AvgIpc) is 2.68. The van der Waals surface area contributed by atoms with Gasteiger partial charge in [-0.05, 0) is 36.8 Å². The van der Waals surface area contributed by atoms with Gasteiger partial charge in [0, 0.05) is 17.9 Å². The number of rotatable bonds is 8. The van der Waals surface area contributed by atoms with Crippen LogP contribution in [-0.2, 0) is 9.53 Å². The van der Waals surface area contributed by atoms with Crippen LogP contribution >= 0.6 is 0 Å². The van der Waals surface area contributed by atoms with E-state index >= 15 is 0 Å². The van der Waals surface area contributed by atoms with Gasteiger partial charge >= 0.3 is 5.97 Å². The van der Waals surface area contributed by atoms with Crippen LogP contribution in [-0.4, -0.2) is 25.5 Å². The van der Waals surface area contributed by atoms with Crippen LogP contribution in [0.3, 0.4) is 0 Å². The van der Waals surface area contributed by atoms with Crippen LogP contribution in [0.4, 0.5) is 0 Å². The summed E-state index contributed by atoms with van der Waals surface area (Å²) >= 11 is 0. The minimum Gasteiger partial charge on any atom is -0.497 e. The molecule has 0 aliphatic rings. The highest BCUT2D eigenvalue weighted by Gasteiger charge is 2.32. The lowest BCUT2D eigenvalue weighted by Gasteiger charge is -2.20. The summed E-state index contributed by atoms with van der Waals surface area (Å²) in [6, 6.07) is 17.9. The third-order valence-corrected chi connectivity index (χ3v) is 4.13. The molecule has 5 heteroatoms. The fourth-order valence-corrected chi connectivity index (χ4v) is 2.76. The van der Waals surface area contributed by atoms with Crippen molar-refractivity contribution in [2.24, 2.45) is 5.92 Å². The smallest absolute Gasteiger partial charge is 0.323 e. The average molecular weight is 351 g/mol. The molecule has 134 valence electrons. The highest BCUT2D eigenvalue weighted by Crippen LogP contribution is 2.30. The number of methoxy groups -OCH3 is 1. The highest BCUT2D eigenvalue weighted by atomic mass is 16.5. The zero-order chi connectivity index (χ0) is 18.9. The van der Waals surface area contributed by atoms with E-state index in [2.05, 4.69) is 0 Å². The minimum atomic E-state index is -1.04. The molecule has 0 amide bonds. The van der Waals surface area contributed by atoms with Crippen LogP contribution in [0.2, 0.25) is 0 Å². The van der Waals surface area contributed by atoms with Gasteiger partial charge in [0.05, 0.1) is 19.8 Å². The van der Waals surface area contributed by atoms with Gasteiger partial charge in [0.1, 0.15) is 5.75 Å². The number of carbonyl (C=O) groups is 2. The van der Waals surface area contributed by atoms with Gasteiger partial charge < -0.3 is 9.47 Å². The molecule has 0 aromatic heterocycles. The van der Waals surface area contributed by atoms with E-state index in [0.717, 1.165) is 5.56 Å². The first-order chi connectivity index (χ1) is 12.6. The molecule has 2 aromatic rings. The van der Waals surface area contributed by atoms with Crippen LogP contribution in [0.25, 0.3) is 0 Å². The first-order valence-electron chi connectivity index (χ1n) is 8.39. The summed E-state index contributed by atoms with van der Waals surface area (Å²) in [7, 11) is 1.55. The SMILES string of the molecule is CCOC(=O)C(C#N)C(CC(=O)c1ccc(OC)cc1)c1ccccc1. The minimum absolute atomic E-state index is 0.0351. The molecule has 26 heavy (non-hydrogen) atoms. The Morgan fingerprint density at radius 1 is 1.08 bits per heavy atom. The van der Waals surface area contributed by atoms with Crippen LogP contribution in [0.5, 0.6) is 5.75 Å². The fourth-order valence-electron chi connectivity index (χ4n) is 2.76. The van der Waals surface area contributed by atoms with E-state index < -0.39 is 17.8 Å². The van der Waals surface area contributed by atoms with Gasteiger partial charge in [-0.2, -0.15) is 5.26 Å². The number of nitrogens with zero attached hydrogens (tertiary/aromatic N) is 1. The first kappa shape index (κ1) is 19.2. The second kappa shape index (κ2) is 9.38. The summed E-state index contributed by atoms with van der Waals surface area (Å²) in [6.45, 7) is 1.87. The Morgan fingerprint density at radius 3 is 2.27 bits per heavy atom. The largest absolute Gasteiger partial charge is 0.497 e. The number of ketones is 1. The molecular weight excluding hydrogens is 330 g/mol. The van der Waals surface area contributed by atoms with Crippen molar-refractivity contribution in [2.45, 2.75) is 19.3 Å². The van der Waals surface area contributed by atoms with Crippen molar-refractivity contribution in [2.75, 3.05) is 13.7 Å². The lowest BCUT2D eigenvalue weighted by atomic mass is 9.82. The topological polar surface area (TPSA) is 76.4 Å². The van der Waals surface area contributed by atoms with Crippen molar-refractivity contribution < 1.29 is 19.1 Å². The van der Waals surface area contributed by atoms with Crippen molar-refractivity contribution in [3.8, 4) is 11.8 Å². The Morgan fingerprint density at radius 2 is 1.73 bits per heavy atom. The zero-order valence-electron chi connectivity index (χ0n) is 14.8.